The normalized spacial score (nSPS) is 18.0. The van der Waals surface area contributed by atoms with Crippen molar-refractivity contribution in [1.82, 2.24) is 9.78 Å². The van der Waals surface area contributed by atoms with Gasteiger partial charge in [-0.3, -0.25) is 23.2 Å². The highest BCUT2D eigenvalue weighted by Gasteiger charge is 2.48. The van der Waals surface area contributed by atoms with E-state index in [2.05, 4.69) is 69.3 Å². The van der Waals surface area contributed by atoms with Crippen molar-refractivity contribution in [3.63, 3.8) is 0 Å². The lowest BCUT2D eigenvalue weighted by Gasteiger charge is -2.50. The van der Waals surface area contributed by atoms with E-state index in [1.165, 1.54) is 60.1 Å². The first-order valence-electron chi connectivity index (χ1n) is 22.7. The number of amides is 2. The van der Waals surface area contributed by atoms with Gasteiger partial charge in [-0.05, 0) is 97.9 Å². The molecule has 5 N–H and O–H groups in total. The van der Waals surface area contributed by atoms with Gasteiger partial charge in [-0.25, -0.2) is 9.48 Å². The molecule has 71 heavy (non-hydrogen) atoms. The first-order valence-corrected chi connectivity index (χ1v) is 27.7. The molecule has 4 aromatic rings. The minimum Gasteiger partial charge on any atom is -0.458 e. The summed E-state index contributed by atoms with van der Waals surface area (Å²) < 4.78 is 107. The van der Waals surface area contributed by atoms with Gasteiger partial charge in [-0.15, -0.1) is 10.2 Å². The summed E-state index contributed by atoms with van der Waals surface area (Å²) in [5, 5.41) is 19.0. The van der Waals surface area contributed by atoms with Crippen molar-refractivity contribution in [2.24, 2.45) is 38.8 Å². The molecule has 20 nitrogen and oxygen atoms in total. The lowest BCUT2D eigenvalue weighted by Crippen LogP contribution is -2.49. The summed E-state index contributed by atoms with van der Waals surface area (Å²) >= 11 is 6.90. The summed E-state index contributed by atoms with van der Waals surface area (Å²) in [5.74, 6) is -3.12. The predicted octanol–water partition coefficient (Wildman–Crippen LogP) is 9.35. The summed E-state index contributed by atoms with van der Waals surface area (Å²) in [6, 6.07) is 13.9. The number of carbonyl (C=O) groups excluding carboxylic acids is 3. The number of benzene rings is 3. The van der Waals surface area contributed by atoms with E-state index in [1.54, 1.807) is 17.9 Å². The predicted molar refractivity (Wildman–Crippen MR) is 270 cm³/mol. The molecular formula is C47H62ClN7O13S3. The zero-order chi connectivity index (χ0) is 53.0. The molecule has 1 aliphatic rings. The average molecular weight is 1060 g/mol. The molecule has 0 aliphatic heterocycles. The Morgan fingerprint density at radius 1 is 0.831 bits per heavy atom. The lowest BCUT2D eigenvalue weighted by atomic mass is 9.59. The number of halogens is 1. The molecule has 0 spiro atoms. The van der Waals surface area contributed by atoms with Crippen LogP contribution in [-0.4, -0.2) is 97.2 Å². The maximum Gasteiger partial charge on any atom is 0.344 e. The number of rotatable bonds is 18. The van der Waals surface area contributed by atoms with Crippen molar-refractivity contribution < 1.29 is 58.0 Å². The third kappa shape index (κ3) is 15.4. The molecular weight excluding hydrogens is 1000 g/mol. The zero-order valence-corrected chi connectivity index (χ0v) is 44.2. The van der Waals surface area contributed by atoms with E-state index in [0.717, 1.165) is 18.9 Å². The molecule has 5 rings (SSSR count). The van der Waals surface area contributed by atoms with E-state index >= 15 is 0 Å². The van der Waals surface area contributed by atoms with Crippen LogP contribution in [-0.2, 0) is 39.9 Å². The van der Waals surface area contributed by atoms with Crippen LogP contribution < -0.4 is 15.5 Å². The second kappa shape index (κ2) is 22.2. The molecule has 1 saturated carbocycles. The quantitative estimate of drug-likeness (QED) is 0.0352. The van der Waals surface area contributed by atoms with E-state index in [1.807, 2.05) is 0 Å². The number of anilines is 3. The number of aromatic nitrogens is 2. The molecule has 1 aromatic heterocycles. The zero-order valence-electron chi connectivity index (χ0n) is 41.0. The van der Waals surface area contributed by atoms with Gasteiger partial charge in [-0.2, -0.15) is 30.4 Å². The van der Waals surface area contributed by atoms with E-state index in [0.29, 0.717) is 11.6 Å². The number of carbonyl (C=O) groups is 3. The van der Waals surface area contributed by atoms with Crippen molar-refractivity contribution in [2.45, 2.75) is 99.0 Å². The Morgan fingerprint density at radius 2 is 1.41 bits per heavy atom. The average Bonchev–Trinajstić information content (AvgIpc) is 3.56. The van der Waals surface area contributed by atoms with Crippen LogP contribution >= 0.6 is 11.6 Å². The number of aryl methyl sites for hydroxylation is 1. The number of nitrogens with zero attached hydrogens (tertiary/aromatic N) is 5. The summed E-state index contributed by atoms with van der Waals surface area (Å²) in [6.07, 6.45) is 1.00. The number of nitrogens with one attached hydrogen (secondary N) is 2. The Hall–Kier alpha value is -5.30. The van der Waals surface area contributed by atoms with Gasteiger partial charge in [0.1, 0.15) is 22.3 Å². The van der Waals surface area contributed by atoms with Gasteiger partial charge in [0.2, 0.25) is 5.91 Å². The largest absolute Gasteiger partial charge is 0.458 e. The summed E-state index contributed by atoms with van der Waals surface area (Å²) in [5.41, 5.74) is 0.145. The minimum atomic E-state index is -4.76. The Labute approximate surface area is 420 Å². The van der Waals surface area contributed by atoms with Gasteiger partial charge < -0.3 is 20.3 Å². The third-order valence-electron chi connectivity index (χ3n) is 12.2. The van der Waals surface area contributed by atoms with Gasteiger partial charge in [0.15, 0.2) is 5.82 Å². The molecule has 1 heterocycles. The van der Waals surface area contributed by atoms with Crippen molar-refractivity contribution >= 4 is 88.3 Å². The number of hydrogen-bond acceptors (Lipinski definition) is 14. The third-order valence-corrected chi connectivity index (χ3v) is 15.0. The van der Waals surface area contributed by atoms with Gasteiger partial charge >= 0.3 is 5.97 Å². The lowest BCUT2D eigenvalue weighted by molar-refractivity contribution is -0.114. The Balaban J connectivity index is 1.64. The first kappa shape index (κ1) is 56.6. The first-order chi connectivity index (χ1) is 32.7. The summed E-state index contributed by atoms with van der Waals surface area (Å²) in [6.45, 7) is 17.8. The maximum atomic E-state index is 14.9. The monoisotopic (exact) mass is 1060 g/mol. The fourth-order valence-corrected chi connectivity index (χ4v) is 10.8. The second-order valence-electron chi connectivity index (χ2n) is 20.0. The topological polar surface area (TPSA) is 293 Å². The van der Waals surface area contributed by atoms with E-state index in [-0.39, 0.29) is 99.0 Å². The van der Waals surface area contributed by atoms with Crippen LogP contribution in [0.2, 0.25) is 5.02 Å². The highest BCUT2D eigenvalue weighted by atomic mass is 35.5. The van der Waals surface area contributed by atoms with Crippen LogP contribution in [0.5, 0.6) is 0 Å². The molecule has 1 aliphatic carbocycles. The van der Waals surface area contributed by atoms with Crippen LogP contribution in [0.25, 0.3) is 5.69 Å². The van der Waals surface area contributed by atoms with Gasteiger partial charge in [0, 0.05) is 43.2 Å². The number of azo groups is 1. The summed E-state index contributed by atoms with van der Waals surface area (Å²) in [4.78, 5) is 41.8. The van der Waals surface area contributed by atoms with Crippen LogP contribution in [0.15, 0.2) is 75.8 Å². The van der Waals surface area contributed by atoms with Crippen LogP contribution in [0.1, 0.15) is 107 Å². The maximum absolute atomic E-state index is 14.9. The molecule has 0 bridgehead atoms. The number of esters is 1. The Morgan fingerprint density at radius 3 is 1.93 bits per heavy atom. The number of hydrogen-bond donors (Lipinski definition) is 5. The molecule has 24 heteroatoms. The van der Waals surface area contributed by atoms with Crippen LogP contribution in [0, 0.1) is 35.5 Å². The fourth-order valence-electron chi connectivity index (χ4n) is 8.84. The molecule has 2 atom stereocenters. The molecule has 0 radical (unpaired) electrons. The number of ether oxygens (including phenoxy) is 1. The second-order valence-corrected chi connectivity index (χ2v) is 25.0. The van der Waals surface area contributed by atoms with Crippen molar-refractivity contribution in [1.29, 1.82) is 0 Å². The summed E-state index contributed by atoms with van der Waals surface area (Å²) in [7, 11) is -13.4. The van der Waals surface area contributed by atoms with Gasteiger partial charge in [0.05, 0.1) is 39.2 Å². The SMILES string of the molecule is CC(=O)Nc1cc(N(CCCS(=O)(=O)O)CCCS(=O)(=O)O)ccc1N=Nc1c(C(=O)OC2C(C(C)(C)C)CC(C)CC2C(C)(C)C)c(C)nn1-c1ccc(NC(=O)c2ccccc2S(=O)(=O)O)cc1Cl. The Kier molecular flexibility index (Phi) is 17.7. The highest BCUT2D eigenvalue weighted by Crippen LogP contribution is 2.50. The van der Waals surface area contributed by atoms with Crippen molar-refractivity contribution in [2.75, 3.05) is 40.1 Å². The van der Waals surface area contributed by atoms with Crippen molar-refractivity contribution in [3.8, 4) is 5.69 Å². The van der Waals surface area contributed by atoms with Crippen LogP contribution in [0.3, 0.4) is 0 Å². The van der Waals surface area contributed by atoms with E-state index in [9.17, 15) is 53.3 Å². The Bertz CT molecular complexity index is 2960. The smallest absolute Gasteiger partial charge is 0.344 e. The molecule has 2 unspecified atom stereocenters. The fraction of sp³-hybridized carbons (Fsp3) is 0.489. The van der Waals surface area contributed by atoms with Crippen molar-refractivity contribution in [3.05, 3.63) is 82.5 Å². The molecule has 2 amide bonds. The standard InChI is InChI=1S/C47H62ClN7O13S3/c1-28-24-34(46(4,5)6)42(35(25-28)47(7,8)9)68-45(58)41-29(2)53-55(39-19-16-31(26-36(39)48)50-44(57)33-14-10-11-15-40(33)71(65,66)67)43(41)52-51-37-18-17-32(27-38(37)49-30(3)56)54(20-12-22-69(59,60)61)21-13-23-70(62,63)64/h10-11,14-19,26-28,34-35,42H,12-13,20-25H2,1-9H3,(H,49,56)(H,50,57)(H,59,60,61)(H,62,63,64)(H,65,66,67). The van der Waals surface area contributed by atoms with Gasteiger partial charge in [0.25, 0.3) is 36.3 Å². The van der Waals surface area contributed by atoms with E-state index < -0.39 is 70.6 Å². The molecule has 1 fully saturated rings. The van der Waals surface area contributed by atoms with Crippen LogP contribution in [0.4, 0.5) is 28.6 Å². The van der Waals surface area contributed by atoms with Gasteiger partial charge in [-0.1, -0.05) is 72.2 Å². The highest BCUT2D eigenvalue weighted by molar-refractivity contribution is 7.86. The minimum absolute atomic E-state index is 0.0158. The molecule has 0 saturated heterocycles. The molecule has 3 aromatic carbocycles. The van der Waals surface area contributed by atoms with E-state index in [4.69, 9.17) is 21.4 Å². The molecule has 388 valence electrons.